The predicted octanol–water partition coefficient (Wildman–Crippen LogP) is 4.97. The number of hydrogen-bond acceptors (Lipinski definition) is 4. The van der Waals surface area contributed by atoms with Gasteiger partial charge in [-0.25, -0.2) is 4.39 Å². The van der Waals surface area contributed by atoms with Crippen LogP contribution in [-0.4, -0.2) is 22.6 Å². The highest BCUT2D eigenvalue weighted by atomic mass is 35.5. The van der Waals surface area contributed by atoms with Crippen LogP contribution in [0.5, 0.6) is 0 Å². The summed E-state index contributed by atoms with van der Waals surface area (Å²) in [5.74, 6) is 0.0589. The van der Waals surface area contributed by atoms with Crippen molar-refractivity contribution in [3.05, 3.63) is 63.8 Å². The Morgan fingerprint density at radius 2 is 1.89 bits per heavy atom. The topological polar surface area (TPSA) is 59.2 Å². The SMILES string of the molecule is Cc1cc(C)c(N2CC(c3nc(-c4ccc(F)c(Cl)c4)no3)CC2=O)c(C)c1. The Kier molecular flexibility index (Phi) is 4.67. The molecule has 4 rings (SSSR count). The van der Waals surface area contributed by atoms with E-state index in [9.17, 15) is 9.18 Å². The maximum Gasteiger partial charge on any atom is 0.232 e. The molecule has 1 aliphatic rings. The Morgan fingerprint density at radius 3 is 2.57 bits per heavy atom. The van der Waals surface area contributed by atoms with E-state index in [0.717, 1.165) is 16.8 Å². The Balaban J connectivity index is 1.60. The van der Waals surface area contributed by atoms with E-state index in [0.29, 0.717) is 30.2 Å². The summed E-state index contributed by atoms with van der Waals surface area (Å²) in [7, 11) is 0. The summed E-state index contributed by atoms with van der Waals surface area (Å²) < 4.78 is 18.8. The molecule has 1 atom stereocenters. The van der Waals surface area contributed by atoms with Crippen LogP contribution < -0.4 is 4.90 Å². The number of halogens is 2. The first-order valence-corrected chi connectivity index (χ1v) is 9.38. The zero-order valence-corrected chi connectivity index (χ0v) is 16.5. The van der Waals surface area contributed by atoms with Crippen LogP contribution in [0.3, 0.4) is 0 Å². The lowest BCUT2D eigenvalue weighted by Gasteiger charge is -2.21. The van der Waals surface area contributed by atoms with E-state index in [1.807, 2.05) is 20.8 Å². The van der Waals surface area contributed by atoms with Gasteiger partial charge in [-0.1, -0.05) is 34.5 Å². The summed E-state index contributed by atoms with van der Waals surface area (Å²) in [5, 5.41) is 3.97. The van der Waals surface area contributed by atoms with Gasteiger partial charge in [-0.3, -0.25) is 4.79 Å². The number of carbonyl (C=O) groups excluding carboxylic acids is 1. The van der Waals surface area contributed by atoms with E-state index in [4.69, 9.17) is 16.1 Å². The second-order valence-corrected chi connectivity index (χ2v) is 7.65. The maximum atomic E-state index is 13.4. The average Bonchev–Trinajstić information content (AvgIpc) is 3.24. The number of aryl methyl sites for hydroxylation is 3. The van der Waals surface area contributed by atoms with Gasteiger partial charge in [0, 0.05) is 24.2 Å². The highest BCUT2D eigenvalue weighted by Crippen LogP contribution is 2.35. The van der Waals surface area contributed by atoms with Crippen LogP contribution in [0.25, 0.3) is 11.4 Å². The Labute approximate surface area is 167 Å². The number of benzene rings is 2. The quantitative estimate of drug-likeness (QED) is 0.623. The van der Waals surface area contributed by atoms with Gasteiger partial charge in [-0.2, -0.15) is 4.98 Å². The summed E-state index contributed by atoms with van der Waals surface area (Å²) >= 11 is 5.83. The van der Waals surface area contributed by atoms with Crippen LogP contribution in [0.1, 0.15) is 34.9 Å². The van der Waals surface area contributed by atoms with Crippen molar-refractivity contribution in [1.29, 1.82) is 0 Å². The number of hydrogen-bond donors (Lipinski definition) is 0. The number of amides is 1. The van der Waals surface area contributed by atoms with Crippen molar-refractivity contribution in [3.8, 4) is 11.4 Å². The molecule has 0 aliphatic carbocycles. The molecule has 1 unspecified atom stereocenters. The maximum absolute atomic E-state index is 13.4. The molecule has 1 aliphatic heterocycles. The lowest BCUT2D eigenvalue weighted by atomic mass is 10.0. The Hall–Kier alpha value is -2.73. The molecule has 5 nitrogen and oxygen atoms in total. The average molecular weight is 400 g/mol. The van der Waals surface area contributed by atoms with Gasteiger partial charge >= 0.3 is 0 Å². The minimum atomic E-state index is -0.505. The van der Waals surface area contributed by atoms with Crippen molar-refractivity contribution in [1.82, 2.24) is 10.1 Å². The molecular formula is C21H19ClFN3O2. The van der Waals surface area contributed by atoms with Gasteiger partial charge < -0.3 is 9.42 Å². The molecule has 1 aromatic heterocycles. The number of rotatable bonds is 3. The summed E-state index contributed by atoms with van der Waals surface area (Å²) in [5.41, 5.74) is 4.81. The van der Waals surface area contributed by atoms with E-state index in [1.54, 1.807) is 11.0 Å². The fourth-order valence-corrected chi connectivity index (χ4v) is 4.02. The summed E-state index contributed by atoms with van der Waals surface area (Å²) in [6.07, 6.45) is 0.304. The van der Waals surface area contributed by atoms with Crippen LogP contribution >= 0.6 is 11.6 Å². The van der Waals surface area contributed by atoms with Crippen molar-refractivity contribution in [2.75, 3.05) is 11.4 Å². The fraction of sp³-hybridized carbons (Fsp3) is 0.286. The van der Waals surface area contributed by atoms with Crippen molar-refractivity contribution in [2.24, 2.45) is 0 Å². The second-order valence-electron chi connectivity index (χ2n) is 7.24. The first-order valence-electron chi connectivity index (χ1n) is 9.00. The third-order valence-corrected chi connectivity index (χ3v) is 5.29. The van der Waals surface area contributed by atoms with Crippen LogP contribution in [-0.2, 0) is 4.79 Å². The van der Waals surface area contributed by atoms with Crippen molar-refractivity contribution >= 4 is 23.2 Å². The van der Waals surface area contributed by atoms with Gasteiger partial charge in [0.25, 0.3) is 0 Å². The fourth-order valence-electron chi connectivity index (χ4n) is 3.84. The zero-order chi connectivity index (χ0) is 20.0. The van der Waals surface area contributed by atoms with Crippen molar-refractivity contribution in [3.63, 3.8) is 0 Å². The third kappa shape index (κ3) is 3.29. The largest absolute Gasteiger partial charge is 0.339 e. The molecule has 3 aromatic rings. The predicted molar refractivity (Wildman–Crippen MR) is 105 cm³/mol. The normalized spacial score (nSPS) is 16.8. The molecule has 0 bridgehead atoms. The summed E-state index contributed by atoms with van der Waals surface area (Å²) in [6, 6.07) is 8.41. The molecule has 1 saturated heterocycles. The molecule has 0 saturated carbocycles. The Bertz CT molecular complexity index is 1060. The van der Waals surface area contributed by atoms with Crippen molar-refractivity contribution in [2.45, 2.75) is 33.1 Å². The molecule has 7 heteroatoms. The van der Waals surface area contributed by atoms with Crippen LogP contribution in [0.2, 0.25) is 5.02 Å². The smallest absolute Gasteiger partial charge is 0.232 e. The first-order chi connectivity index (χ1) is 13.3. The highest BCUT2D eigenvalue weighted by Gasteiger charge is 2.36. The second kappa shape index (κ2) is 7.02. The van der Waals surface area contributed by atoms with Crippen LogP contribution in [0.15, 0.2) is 34.9 Å². The standard InChI is InChI=1S/C21H19ClFN3O2/c1-11-6-12(2)19(13(3)7-11)26-10-15(9-18(26)27)21-24-20(25-28-21)14-4-5-17(23)16(22)8-14/h4-8,15H,9-10H2,1-3H3. The van der Waals surface area contributed by atoms with Crippen molar-refractivity contribution < 1.29 is 13.7 Å². The van der Waals surface area contributed by atoms with Crippen LogP contribution in [0, 0.1) is 26.6 Å². The van der Waals surface area contributed by atoms with Gasteiger partial charge in [0.05, 0.1) is 10.9 Å². The van der Waals surface area contributed by atoms with Crippen LogP contribution in [0.4, 0.5) is 10.1 Å². The minimum absolute atomic E-state index is 0.00334. The van der Waals surface area contributed by atoms with Gasteiger partial charge in [-0.05, 0) is 50.1 Å². The lowest BCUT2D eigenvalue weighted by Crippen LogP contribution is -2.26. The number of aromatic nitrogens is 2. The van der Waals surface area contributed by atoms with E-state index >= 15 is 0 Å². The van der Waals surface area contributed by atoms with E-state index in [2.05, 4.69) is 22.3 Å². The van der Waals surface area contributed by atoms with Gasteiger partial charge in [-0.15, -0.1) is 0 Å². The molecule has 28 heavy (non-hydrogen) atoms. The summed E-state index contributed by atoms with van der Waals surface area (Å²) in [4.78, 5) is 18.9. The van der Waals surface area contributed by atoms with Gasteiger partial charge in [0.2, 0.25) is 17.6 Å². The molecule has 1 fully saturated rings. The minimum Gasteiger partial charge on any atom is -0.339 e. The molecule has 0 spiro atoms. The molecule has 144 valence electrons. The highest BCUT2D eigenvalue weighted by molar-refractivity contribution is 6.31. The lowest BCUT2D eigenvalue weighted by molar-refractivity contribution is -0.117. The van der Waals surface area contributed by atoms with E-state index in [-0.39, 0.29) is 16.8 Å². The molecule has 0 radical (unpaired) electrons. The zero-order valence-electron chi connectivity index (χ0n) is 15.8. The molecule has 1 amide bonds. The van der Waals surface area contributed by atoms with Gasteiger partial charge in [0.15, 0.2) is 0 Å². The summed E-state index contributed by atoms with van der Waals surface area (Å²) in [6.45, 7) is 6.55. The first kappa shape index (κ1) is 18.6. The number of anilines is 1. The molecule has 2 aromatic carbocycles. The van der Waals surface area contributed by atoms with E-state index in [1.165, 1.54) is 17.7 Å². The molecular weight excluding hydrogens is 381 g/mol. The van der Waals surface area contributed by atoms with E-state index < -0.39 is 5.82 Å². The molecule has 0 N–H and O–H groups in total. The number of nitrogens with zero attached hydrogens (tertiary/aromatic N) is 3. The van der Waals surface area contributed by atoms with Gasteiger partial charge in [0.1, 0.15) is 5.82 Å². The number of carbonyl (C=O) groups is 1. The third-order valence-electron chi connectivity index (χ3n) is 5.00. The molecule has 2 heterocycles. The monoisotopic (exact) mass is 399 g/mol. The Morgan fingerprint density at radius 1 is 1.18 bits per heavy atom.